The van der Waals surface area contributed by atoms with Gasteiger partial charge in [0.05, 0.1) is 0 Å². The second kappa shape index (κ2) is 3.97. The molecular weight excluding hydrogens is 223 g/mol. The van der Waals surface area contributed by atoms with Gasteiger partial charge in [0.1, 0.15) is 0 Å². The second-order valence-electron chi connectivity index (χ2n) is 3.40. The number of hydrogen-bond donors (Lipinski definition) is 0. The van der Waals surface area contributed by atoms with E-state index < -0.39 is 0 Å². The van der Waals surface area contributed by atoms with E-state index in [4.69, 9.17) is 0 Å². The summed E-state index contributed by atoms with van der Waals surface area (Å²) in [6, 6.07) is 5.10. The van der Waals surface area contributed by atoms with Crippen LogP contribution in [-0.4, -0.2) is 4.98 Å². The van der Waals surface area contributed by atoms with E-state index in [1.54, 1.807) is 12.4 Å². The summed E-state index contributed by atoms with van der Waals surface area (Å²) in [7, 11) is 0. The number of rotatable bonds is 0. The Bertz CT molecular complexity index is 201. The van der Waals surface area contributed by atoms with Crippen LogP contribution in [0.15, 0.2) is 18.5 Å². The first kappa shape index (κ1) is 10.8. The minimum atomic E-state index is 0. The Labute approximate surface area is 81.0 Å². The molecule has 0 aliphatic rings. The monoisotopic (exact) mass is 236 g/mol. The van der Waals surface area contributed by atoms with Crippen molar-refractivity contribution in [1.82, 2.24) is 4.98 Å². The zero-order chi connectivity index (χ0) is 7.61. The molecule has 0 fully saturated rings. The smallest absolute Gasteiger partial charge is 0.304 e. The average Bonchev–Trinajstić information content (AvgIpc) is 1.88. The molecule has 1 aromatic rings. The molecular formula is C9H12NRu. The average molecular weight is 235 g/mol. The molecule has 11 heavy (non-hydrogen) atoms. The predicted molar refractivity (Wildman–Crippen MR) is 41.8 cm³/mol. The van der Waals surface area contributed by atoms with Gasteiger partial charge in [-0.3, -0.25) is 0 Å². The number of pyridine rings is 1. The van der Waals surface area contributed by atoms with Crippen LogP contribution in [0, 0.1) is 6.07 Å². The van der Waals surface area contributed by atoms with Crippen LogP contribution in [0.25, 0.3) is 0 Å². The molecule has 1 heterocycles. The van der Waals surface area contributed by atoms with Gasteiger partial charge in [-0.05, 0) is 5.41 Å². The first-order valence-electron chi connectivity index (χ1n) is 3.43. The molecule has 2 heteroatoms. The molecule has 0 aromatic carbocycles. The van der Waals surface area contributed by atoms with E-state index in [0.717, 1.165) is 0 Å². The first-order valence-corrected chi connectivity index (χ1v) is 3.43. The molecule has 0 spiro atoms. The van der Waals surface area contributed by atoms with E-state index in [9.17, 15) is 0 Å². The maximum Gasteiger partial charge on any atom is 1.00 e. The number of hydrogen-bond acceptors (Lipinski definition) is 1. The SMILES string of the molecule is CC(C)(C)c1[c-]cncc1.[Ru+]. The predicted octanol–water partition coefficient (Wildman–Crippen LogP) is 2.18. The molecule has 0 aliphatic heterocycles. The Balaban J connectivity index is 0.000001000. The van der Waals surface area contributed by atoms with E-state index in [1.165, 1.54) is 5.56 Å². The minimum absolute atomic E-state index is 0. The van der Waals surface area contributed by atoms with Crippen molar-refractivity contribution in [3.05, 3.63) is 30.1 Å². The van der Waals surface area contributed by atoms with Gasteiger partial charge in [-0.15, -0.1) is 0 Å². The zero-order valence-corrected chi connectivity index (χ0v) is 8.77. The summed E-state index contributed by atoms with van der Waals surface area (Å²) < 4.78 is 0. The van der Waals surface area contributed by atoms with Gasteiger partial charge in [-0.1, -0.05) is 33.2 Å². The molecule has 0 atom stereocenters. The summed E-state index contributed by atoms with van der Waals surface area (Å²) in [4.78, 5) is 3.90. The fourth-order valence-corrected chi connectivity index (χ4v) is 0.782. The summed E-state index contributed by atoms with van der Waals surface area (Å²) in [6.07, 6.45) is 3.51. The third-order valence-corrected chi connectivity index (χ3v) is 1.43. The van der Waals surface area contributed by atoms with Crippen LogP contribution in [0.2, 0.25) is 0 Å². The van der Waals surface area contributed by atoms with Crippen molar-refractivity contribution in [2.24, 2.45) is 0 Å². The van der Waals surface area contributed by atoms with Crippen LogP contribution in [0.1, 0.15) is 26.3 Å². The summed E-state index contributed by atoms with van der Waals surface area (Å²) in [5, 5.41) is 0. The van der Waals surface area contributed by atoms with Gasteiger partial charge in [-0.2, -0.15) is 6.07 Å². The van der Waals surface area contributed by atoms with Crippen molar-refractivity contribution >= 4 is 0 Å². The van der Waals surface area contributed by atoms with Gasteiger partial charge >= 0.3 is 19.5 Å². The number of aromatic nitrogens is 1. The van der Waals surface area contributed by atoms with E-state index in [0.29, 0.717) is 0 Å². The molecule has 0 aliphatic carbocycles. The van der Waals surface area contributed by atoms with Gasteiger partial charge in [0.15, 0.2) is 0 Å². The van der Waals surface area contributed by atoms with Crippen molar-refractivity contribution < 1.29 is 19.5 Å². The van der Waals surface area contributed by atoms with Crippen molar-refractivity contribution in [3.8, 4) is 0 Å². The molecule has 0 saturated heterocycles. The summed E-state index contributed by atoms with van der Waals surface area (Å²) in [6.45, 7) is 6.50. The zero-order valence-electron chi connectivity index (χ0n) is 7.03. The van der Waals surface area contributed by atoms with Crippen LogP contribution in [0.4, 0.5) is 0 Å². The fourth-order valence-electron chi connectivity index (χ4n) is 0.782. The second-order valence-corrected chi connectivity index (χ2v) is 3.40. The molecule has 61 valence electrons. The molecule has 0 unspecified atom stereocenters. The van der Waals surface area contributed by atoms with Gasteiger partial charge in [0, 0.05) is 0 Å². The molecule has 1 aromatic heterocycles. The fraction of sp³-hybridized carbons (Fsp3) is 0.444. The molecule has 1 rings (SSSR count). The summed E-state index contributed by atoms with van der Waals surface area (Å²) >= 11 is 0. The first-order chi connectivity index (χ1) is 4.61. The molecule has 0 bridgehead atoms. The quantitative estimate of drug-likeness (QED) is 0.496. The Morgan fingerprint density at radius 2 is 2.00 bits per heavy atom. The maximum absolute atomic E-state index is 3.90. The summed E-state index contributed by atoms with van der Waals surface area (Å²) in [5.41, 5.74) is 1.41. The number of nitrogens with zero attached hydrogens (tertiary/aromatic N) is 1. The van der Waals surface area contributed by atoms with E-state index in [2.05, 4.69) is 31.8 Å². The van der Waals surface area contributed by atoms with Gasteiger partial charge in [0.2, 0.25) is 0 Å². The van der Waals surface area contributed by atoms with Crippen molar-refractivity contribution in [3.63, 3.8) is 0 Å². The van der Waals surface area contributed by atoms with E-state index in [-0.39, 0.29) is 24.9 Å². The third-order valence-electron chi connectivity index (χ3n) is 1.43. The molecule has 0 N–H and O–H groups in total. The Hall–Kier alpha value is -0.227. The Morgan fingerprint density at radius 1 is 1.36 bits per heavy atom. The van der Waals surface area contributed by atoms with Gasteiger partial charge < -0.3 is 4.98 Å². The van der Waals surface area contributed by atoms with Crippen LogP contribution in [-0.2, 0) is 24.9 Å². The van der Waals surface area contributed by atoms with Crippen LogP contribution in [0.3, 0.4) is 0 Å². The van der Waals surface area contributed by atoms with Gasteiger partial charge in [-0.25, -0.2) is 11.6 Å². The van der Waals surface area contributed by atoms with Crippen molar-refractivity contribution in [1.29, 1.82) is 0 Å². The van der Waals surface area contributed by atoms with E-state index in [1.807, 2.05) is 6.07 Å². The molecule has 1 nitrogen and oxygen atoms in total. The van der Waals surface area contributed by atoms with Crippen LogP contribution >= 0.6 is 0 Å². The Kier molecular flexibility index (Phi) is 3.88. The van der Waals surface area contributed by atoms with Crippen LogP contribution < -0.4 is 0 Å². The summed E-state index contributed by atoms with van der Waals surface area (Å²) in [5.74, 6) is 0. The minimum Gasteiger partial charge on any atom is -0.304 e. The topological polar surface area (TPSA) is 12.9 Å². The Morgan fingerprint density at radius 3 is 2.27 bits per heavy atom. The molecule has 0 amide bonds. The van der Waals surface area contributed by atoms with E-state index >= 15 is 0 Å². The molecule has 1 radical (unpaired) electrons. The standard InChI is InChI=1S/C9H12N.Ru/c1-9(2,3)8-4-6-10-7-5-8;/h4,6-7H,1-3H3;/q-1;+1. The normalized spacial score (nSPS) is 10.5. The maximum atomic E-state index is 3.90. The van der Waals surface area contributed by atoms with Gasteiger partial charge in [0.25, 0.3) is 0 Å². The van der Waals surface area contributed by atoms with Crippen LogP contribution in [0.5, 0.6) is 0 Å². The van der Waals surface area contributed by atoms with Crippen molar-refractivity contribution in [2.75, 3.05) is 0 Å². The van der Waals surface area contributed by atoms with Crippen molar-refractivity contribution in [2.45, 2.75) is 26.2 Å². The third kappa shape index (κ3) is 3.11. The molecule has 0 saturated carbocycles. The largest absolute Gasteiger partial charge is 1.00 e.